The number of halogens is 1. The van der Waals surface area contributed by atoms with Gasteiger partial charge in [0.1, 0.15) is 5.82 Å². The monoisotopic (exact) mass is 277 g/mol. The van der Waals surface area contributed by atoms with Crippen molar-refractivity contribution in [2.24, 2.45) is 0 Å². The fourth-order valence-corrected chi connectivity index (χ4v) is 2.79. The quantitative estimate of drug-likeness (QED) is 0.794. The van der Waals surface area contributed by atoms with Crippen molar-refractivity contribution in [1.82, 2.24) is 5.32 Å². The Morgan fingerprint density at radius 2 is 1.75 bits per heavy atom. The molecule has 0 radical (unpaired) electrons. The summed E-state index contributed by atoms with van der Waals surface area (Å²) in [6, 6.07) is 3.33. The number of rotatable bonds is 1. The van der Waals surface area contributed by atoms with Gasteiger partial charge in [-0.05, 0) is 57.8 Å². The van der Waals surface area contributed by atoms with Crippen molar-refractivity contribution >= 4 is 12.6 Å². The van der Waals surface area contributed by atoms with Gasteiger partial charge < -0.3 is 14.6 Å². The minimum Gasteiger partial charge on any atom is -0.399 e. The average Bonchev–Trinajstić information content (AvgIpc) is 2.59. The van der Waals surface area contributed by atoms with E-state index in [1.165, 1.54) is 6.07 Å². The molecular weight excluding hydrogens is 256 g/mol. The number of hydrogen-bond acceptors (Lipinski definition) is 3. The zero-order valence-corrected chi connectivity index (χ0v) is 12.5. The summed E-state index contributed by atoms with van der Waals surface area (Å²) in [5.41, 5.74) is 2.03. The van der Waals surface area contributed by atoms with Crippen LogP contribution in [-0.2, 0) is 22.3 Å². The van der Waals surface area contributed by atoms with E-state index in [4.69, 9.17) is 9.31 Å². The fraction of sp³-hybridized carbons (Fsp3) is 0.600. The van der Waals surface area contributed by atoms with Gasteiger partial charge in [-0.15, -0.1) is 0 Å². The van der Waals surface area contributed by atoms with Gasteiger partial charge in [-0.1, -0.05) is 6.07 Å². The summed E-state index contributed by atoms with van der Waals surface area (Å²) in [6.07, 6.45) is 0.812. The third-order valence-electron chi connectivity index (χ3n) is 4.77. The third kappa shape index (κ3) is 2.08. The van der Waals surface area contributed by atoms with Crippen LogP contribution in [0.2, 0.25) is 0 Å². The summed E-state index contributed by atoms with van der Waals surface area (Å²) >= 11 is 0. The first kappa shape index (κ1) is 14.0. The molecule has 0 bridgehead atoms. The van der Waals surface area contributed by atoms with Crippen LogP contribution in [0.3, 0.4) is 0 Å². The first-order valence-corrected chi connectivity index (χ1v) is 7.18. The van der Waals surface area contributed by atoms with Crippen molar-refractivity contribution in [2.45, 2.75) is 51.9 Å². The van der Waals surface area contributed by atoms with Crippen molar-refractivity contribution in [1.29, 1.82) is 0 Å². The summed E-state index contributed by atoms with van der Waals surface area (Å²) in [6.45, 7) is 9.57. The molecule has 1 aromatic rings. The van der Waals surface area contributed by atoms with Crippen molar-refractivity contribution in [3.05, 3.63) is 29.1 Å². The fourth-order valence-electron chi connectivity index (χ4n) is 2.79. The largest absolute Gasteiger partial charge is 0.495 e. The first-order chi connectivity index (χ1) is 9.32. The highest BCUT2D eigenvalue weighted by atomic mass is 19.1. The molecule has 1 aromatic carbocycles. The van der Waals surface area contributed by atoms with E-state index in [9.17, 15) is 4.39 Å². The van der Waals surface area contributed by atoms with Gasteiger partial charge in [0.05, 0.1) is 11.2 Å². The molecule has 0 aliphatic carbocycles. The second kappa shape index (κ2) is 4.55. The Balaban J connectivity index is 2.00. The number of nitrogens with one attached hydrogen (secondary N) is 1. The van der Waals surface area contributed by atoms with Crippen LogP contribution in [0.5, 0.6) is 0 Å². The highest BCUT2D eigenvalue weighted by molar-refractivity contribution is 6.62. The van der Waals surface area contributed by atoms with Crippen LogP contribution in [0.4, 0.5) is 4.39 Å². The lowest BCUT2D eigenvalue weighted by Gasteiger charge is -2.32. The van der Waals surface area contributed by atoms with Gasteiger partial charge in [-0.2, -0.15) is 0 Å². The highest BCUT2D eigenvalue weighted by Gasteiger charge is 2.52. The lowest BCUT2D eigenvalue weighted by atomic mass is 9.73. The Morgan fingerprint density at radius 1 is 1.10 bits per heavy atom. The van der Waals surface area contributed by atoms with E-state index in [1.807, 2.05) is 33.8 Å². The van der Waals surface area contributed by atoms with E-state index in [0.717, 1.165) is 29.6 Å². The summed E-state index contributed by atoms with van der Waals surface area (Å²) in [7, 11) is -0.410. The second-order valence-corrected chi connectivity index (χ2v) is 6.61. The third-order valence-corrected chi connectivity index (χ3v) is 4.77. The standard InChI is InChI=1S/C15H21BFNO2/c1-14(2)15(3,4)20-16(19-14)12-5-6-13(17)11-9-18-8-7-10(11)12/h5-6,18H,7-9H2,1-4H3. The Labute approximate surface area is 120 Å². The molecule has 2 aliphatic heterocycles. The molecule has 0 spiro atoms. The minimum atomic E-state index is -0.410. The maximum Gasteiger partial charge on any atom is 0.495 e. The van der Waals surface area contributed by atoms with E-state index in [0.29, 0.717) is 6.54 Å². The van der Waals surface area contributed by atoms with Gasteiger partial charge in [0.15, 0.2) is 0 Å². The Morgan fingerprint density at radius 3 is 2.40 bits per heavy atom. The molecule has 0 unspecified atom stereocenters. The topological polar surface area (TPSA) is 30.5 Å². The van der Waals surface area contributed by atoms with Crippen LogP contribution in [0, 0.1) is 5.82 Å². The zero-order valence-electron chi connectivity index (χ0n) is 12.5. The van der Waals surface area contributed by atoms with E-state index >= 15 is 0 Å². The molecule has 3 nitrogen and oxygen atoms in total. The van der Waals surface area contributed by atoms with E-state index in [1.54, 1.807) is 0 Å². The Hall–Kier alpha value is -0.905. The van der Waals surface area contributed by atoms with E-state index < -0.39 is 7.12 Å². The normalized spacial score (nSPS) is 23.8. The Kier molecular flexibility index (Phi) is 3.20. The van der Waals surface area contributed by atoms with Crippen LogP contribution in [0.15, 0.2) is 12.1 Å². The van der Waals surface area contributed by atoms with Crippen LogP contribution in [-0.4, -0.2) is 24.9 Å². The maximum atomic E-state index is 13.9. The molecule has 0 aromatic heterocycles. The number of fused-ring (bicyclic) bond motifs is 1. The molecule has 1 saturated heterocycles. The maximum absolute atomic E-state index is 13.9. The SMILES string of the molecule is CC1(C)OB(c2ccc(F)c3c2CCNC3)OC1(C)C. The molecule has 0 amide bonds. The van der Waals surface area contributed by atoms with E-state index in [2.05, 4.69) is 5.32 Å². The summed E-state index contributed by atoms with van der Waals surface area (Å²) in [4.78, 5) is 0. The number of hydrogen-bond donors (Lipinski definition) is 1. The molecule has 108 valence electrons. The minimum absolute atomic E-state index is 0.146. The summed E-state index contributed by atoms with van der Waals surface area (Å²) < 4.78 is 26.1. The predicted octanol–water partition coefficient (Wildman–Crippen LogP) is 1.77. The average molecular weight is 277 g/mol. The van der Waals surface area contributed by atoms with Crippen LogP contribution in [0.1, 0.15) is 38.8 Å². The smallest absolute Gasteiger partial charge is 0.399 e. The van der Waals surface area contributed by atoms with Gasteiger partial charge in [-0.25, -0.2) is 4.39 Å². The molecule has 0 atom stereocenters. The van der Waals surface area contributed by atoms with Crippen LogP contribution < -0.4 is 10.8 Å². The summed E-state index contributed by atoms with van der Waals surface area (Å²) in [5.74, 6) is -0.146. The van der Waals surface area contributed by atoms with Crippen LogP contribution >= 0.6 is 0 Å². The summed E-state index contributed by atoms with van der Waals surface area (Å²) in [5, 5.41) is 3.21. The molecule has 5 heteroatoms. The van der Waals surface area contributed by atoms with Crippen LogP contribution in [0.25, 0.3) is 0 Å². The molecule has 1 fully saturated rings. The predicted molar refractivity (Wildman–Crippen MR) is 77.5 cm³/mol. The Bertz CT molecular complexity index is 529. The van der Waals surface area contributed by atoms with Gasteiger partial charge in [0.2, 0.25) is 0 Å². The second-order valence-electron chi connectivity index (χ2n) is 6.61. The lowest BCUT2D eigenvalue weighted by Crippen LogP contribution is -2.41. The van der Waals surface area contributed by atoms with Gasteiger partial charge in [0, 0.05) is 12.1 Å². The molecule has 20 heavy (non-hydrogen) atoms. The zero-order chi connectivity index (χ0) is 14.5. The van der Waals surface area contributed by atoms with Gasteiger partial charge in [-0.3, -0.25) is 0 Å². The van der Waals surface area contributed by atoms with Crippen molar-refractivity contribution in [3.63, 3.8) is 0 Å². The van der Waals surface area contributed by atoms with Crippen molar-refractivity contribution < 1.29 is 13.7 Å². The van der Waals surface area contributed by atoms with E-state index in [-0.39, 0.29) is 17.0 Å². The molecule has 1 N–H and O–H groups in total. The number of benzene rings is 1. The molecular formula is C15H21BFNO2. The molecule has 2 heterocycles. The molecule has 0 saturated carbocycles. The van der Waals surface area contributed by atoms with Gasteiger partial charge >= 0.3 is 7.12 Å². The van der Waals surface area contributed by atoms with Crippen molar-refractivity contribution in [2.75, 3.05) is 6.54 Å². The lowest BCUT2D eigenvalue weighted by molar-refractivity contribution is 0.00578. The first-order valence-electron chi connectivity index (χ1n) is 7.18. The molecule has 2 aliphatic rings. The molecule has 3 rings (SSSR count). The van der Waals surface area contributed by atoms with Crippen molar-refractivity contribution in [3.8, 4) is 0 Å². The highest BCUT2D eigenvalue weighted by Crippen LogP contribution is 2.37. The van der Waals surface area contributed by atoms with Gasteiger partial charge in [0.25, 0.3) is 0 Å².